The number of anilines is 1. The molecule has 3 heterocycles. The number of rotatable bonds is 6. The molecule has 0 saturated carbocycles. The third-order valence-electron chi connectivity index (χ3n) is 5.98. The van der Waals surface area contributed by atoms with Gasteiger partial charge in [-0.05, 0) is 69.9 Å². The van der Waals surface area contributed by atoms with E-state index in [0.29, 0.717) is 31.6 Å². The molecule has 32 heavy (non-hydrogen) atoms. The molecule has 4 rings (SSSR count). The minimum atomic E-state index is -3.47. The first-order valence-electron chi connectivity index (χ1n) is 11.0. The average Bonchev–Trinajstić information content (AvgIpc) is 3.15. The fourth-order valence-electron chi connectivity index (χ4n) is 4.23. The van der Waals surface area contributed by atoms with Gasteiger partial charge in [0.05, 0.1) is 10.6 Å². The van der Waals surface area contributed by atoms with Crippen LogP contribution in [0.25, 0.3) is 5.65 Å². The maximum Gasteiger partial charge on any atom is 0.243 e. The number of carbonyl (C=O) groups is 1. The Morgan fingerprint density at radius 2 is 1.75 bits per heavy atom. The van der Waals surface area contributed by atoms with Gasteiger partial charge < -0.3 is 5.32 Å². The Balaban J connectivity index is 1.40. The Hall–Kier alpha value is -2.78. The smallest absolute Gasteiger partial charge is 0.243 e. The summed E-state index contributed by atoms with van der Waals surface area (Å²) in [7, 11) is -3.47. The van der Waals surface area contributed by atoms with Gasteiger partial charge in [0, 0.05) is 42.7 Å². The molecular weight excluding hydrogens is 426 g/mol. The van der Waals surface area contributed by atoms with Crippen LogP contribution >= 0.6 is 0 Å². The van der Waals surface area contributed by atoms with E-state index in [1.54, 1.807) is 28.6 Å². The van der Waals surface area contributed by atoms with E-state index < -0.39 is 10.0 Å². The van der Waals surface area contributed by atoms with Crippen molar-refractivity contribution in [2.24, 2.45) is 0 Å². The third-order valence-corrected chi connectivity index (χ3v) is 7.89. The summed E-state index contributed by atoms with van der Waals surface area (Å²) < 4.78 is 28.9. The topological polar surface area (TPSA) is 96.7 Å². The first kappa shape index (κ1) is 22.4. The molecule has 170 valence electrons. The number of nitrogens with one attached hydrogen (secondary N) is 1. The van der Waals surface area contributed by atoms with E-state index in [1.807, 2.05) is 31.4 Å². The molecule has 1 saturated heterocycles. The van der Waals surface area contributed by atoms with Gasteiger partial charge in [0.2, 0.25) is 15.9 Å². The molecule has 0 spiro atoms. The van der Waals surface area contributed by atoms with E-state index in [2.05, 4.69) is 15.4 Å². The average molecular weight is 456 g/mol. The summed E-state index contributed by atoms with van der Waals surface area (Å²) >= 11 is 0. The van der Waals surface area contributed by atoms with Crippen LogP contribution in [0.3, 0.4) is 0 Å². The second-order valence-corrected chi connectivity index (χ2v) is 10.3. The highest BCUT2D eigenvalue weighted by atomic mass is 32.2. The largest absolute Gasteiger partial charge is 0.326 e. The van der Waals surface area contributed by atoms with Gasteiger partial charge in [0.15, 0.2) is 5.65 Å². The lowest BCUT2D eigenvalue weighted by atomic mass is 10.1. The molecule has 3 aromatic rings. The predicted molar refractivity (Wildman–Crippen MR) is 123 cm³/mol. The Kier molecular flexibility index (Phi) is 6.30. The number of aromatic nitrogens is 3. The number of hydrogen-bond acceptors (Lipinski definition) is 5. The summed E-state index contributed by atoms with van der Waals surface area (Å²) in [5.74, 6) is -0.132. The van der Waals surface area contributed by atoms with Crippen LogP contribution in [-0.2, 0) is 21.2 Å². The highest BCUT2D eigenvalue weighted by Gasteiger charge is 2.25. The monoisotopic (exact) mass is 455 g/mol. The van der Waals surface area contributed by atoms with Crippen molar-refractivity contribution in [2.75, 3.05) is 18.4 Å². The van der Waals surface area contributed by atoms with Gasteiger partial charge in [0.25, 0.3) is 0 Å². The van der Waals surface area contributed by atoms with Gasteiger partial charge in [-0.2, -0.15) is 9.40 Å². The molecule has 1 aliphatic rings. The number of hydrogen-bond donors (Lipinski definition) is 1. The van der Waals surface area contributed by atoms with Crippen molar-refractivity contribution in [1.82, 2.24) is 18.9 Å². The summed E-state index contributed by atoms with van der Waals surface area (Å²) in [6.45, 7) is 7.00. The van der Waals surface area contributed by atoms with Crippen LogP contribution in [0.2, 0.25) is 0 Å². The molecule has 0 aliphatic carbocycles. The molecule has 1 amide bonds. The number of carbonyl (C=O) groups excluding carboxylic acids is 1. The van der Waals surface area contributed by atoms with Crippen LogP contribution in [0.15, 0.2) is 35.2 Å². The SMILES string of the molecule is Cc1cc2nc(C)c(CCC(=O)Nc3ccc(S(=O)(=O)N4CCCCC4)cc3)c(C)n2n1. The van der Waals surface area contributed by atoms with Crippen molar-refractivity contribution < 1.29 is 13.2 Å². The Bertz CT molecular complexity index is 1240. The van der Waals surface area contributed by atoms with Crippen LogP contribution in [0.4, 0.5) is 5.69 Å². The number of piperidine rings is 1. The van der Waals surface area contributed by atoms with Crippen LogP contribution < -0.4 is 5.32 Å². The normalized spacial score (nSPS) is 15.2. The van der Waals surface area contributed by atoms with Crippen LogP contribution in [0.1, 0.15) is 48.3 Å². The Morgan fingerprint density at radius 3 is 2.44 bits per heavy atom. The first-order valence-corrected chi connectivity index (χ1v) is 12.4. The Morgan fingerprint density at radius 1 is 1.06 bits per heavy atom. The van der Waals surface area contributed by atoms with Crippen LogP contribution in [0, 0.1) is 20.8 Å². The Labute approximate surface area is 188 Å². The molecule has 9 heteroatoms. The molecule has 1 aromatic carbocycles. The molecular formula is C23H29N5O3S. The van der Waals surface area contributed by atoms with E-state index in [9.17, 15) is 13.2 Å². The zero-order valence-corrected chi connectivity index (χ0v) is 19.6. The first-order chi connectivity index (χ1) is 15.3. The highest BCUT2D eigenvalue weighted by molar-refractivity contribution is 7.89. The van der Waals surface area contributed by atoms with Gasteiger partial charge in [0.1, 0.15) is 0 Å². The summed E-state index contributed by atoms with van der Waals surface area (Å²) in [6, 6.07) is 8.35. The predicted octanol–water partition coefficient (Wildman–Crippen LogP) is 3.40. The number of fused-ring (bicyclic) bond motifs is 1. The quantitative estimate of drug-likeness (QED) is 0.614. The zero-order valence-electron chi connectivity index (χ0n) is 18.8. The minimum absolute atomic E-state index is 0.132. The number of nitrogens with zero attached hydrogens (tertiary/aromatic N) is 4. The summed E-state index contributed by atoms with van der Waals surface area (Å²) in [4.78, 5) is 17.4. The second kappa shape index (κ2) is 8.99. The lowest BCUT2D eigenvalue weighted by molar-refractivity contribution is -0.116. The molecule has 0 unspecified atom stereocenters. The van der Waals surface area contributed by atoms with Crippen LogP contribution in [0.5, 0.6) is 0 Å². The molecule has 2 aromatic heterocycles. The molecule has 0 atom stereocenters. The van der Waals surface area contributed by atoms with Gasteiger partial charge >= 0.3 is 0 Å². The highest BCUT2D eigenvalue weighted by Crippen LogP contribution is 2.22. The van der Waals surface area contributed by atoms with Gasteiger partial charge in [-0.15, -0.1) is 0 Å². The molecule has 0 bridgehead atoms. The van der Waals surface area contributed by atoms with E-state index in [1.165, 1.54) is 0 Å². The number of benzene rings is 1. The summed E-state index contributed by atoms with van der Waals surface area (Å²) in [5.41, 5.74) is 5.19. The van der Waals surface area contributed by atoms with Crippen molar-refractivity contribution in [3.05, 3.63) is 53.0 Å². The molecule has 1 N–H and O–H groups in total. The summed E-state index contributed by atoms with van der Waals surface area (Å²) in [6.07, 6.45) is 3.71. The second-order valence-electron chi connectivity index (χ2n) is 8.35. The number of amides is 1. The van der Waals surface area contributed by atoms with Crippen molar-refractivity contribution >= 4 is 27.3 Å². The lowest BCUT2D eigenvalue weighted by Gasteiger charge is -2.25. The van der Waals surface area contributed by atoms with Crippen molar-refractivity contribution in [3.63, 3.8) is 0 Å². The van der Waals surface area contributed by atoms with Crippen LogP contribution in [-0.4, -0.2) is 46.3 Å². The van der Waals surface area contributed by atoms with E-state index in [0.717, 1.165) is 47.6 Å². The van der Waals surface area contributed by atoms with E-state index in [-0.39, 0.29) is 10.8 Å². The van der Waals surface area contributed by atoms with Crippen molar-refractivity contribution in [1.29, 1.82) is 0 Å². The van der Waals surface area contributed by atoms with E-state index in [4.69, 9.17) is 0 Å². The lowest BCUT2D eigenvalue weighted by Crippen LogP contribution is -2.35. The molecule has 1 aliphatic heterocycles. The zero-order chi connectivity index (χ0) is 22.9. The van der Waals surface area contributed by atoms with Gasteiger partial charge in [-0.3, -0.25) is 4.79 Å². The van der Waals surface area contributed by atoms with Crippen molar-refractivity contribution in [2.45, 2.75) is 57.8 Å². The maximum absolute atomic E-state index is 12.8. The molecule has 8 nitrogen and oxygen atoms in total. The number of sulfonamides is 1. The minimum Gasteiger partial charge on any atom is -0.326 e. The standard InChI is InChI=1S/C23H29N5O3S/c1-16-15-22-24-17(2)21(18(3)28(22)26-16)11-12-23(29)25-19-7-9-20(10-8-19)32(30,31)27-13-5-4-6-14-27/h7-10,15H,4-6,11-14H2,1-3H3,(H,25,29). The third kappa shape index (κ3) is 4.54. The van der Waals surface area contributed by atoms with E-state index >= 15 is 0 Å². The fourth-order valence-corrected chi connectivity index (χ4v) is 5.75. The molecule has 1 fully saturated rings. The maximum atomic E-state index is 12.8. The van der Waals surface area contributed by atoms with Gasteiger partial charge in [-0.25, -0.2) is 17.9 Å². The fraction of sp³-hybridized carbons (Fsp3) is 0.435. The molecule has 0 radical (unpaired) electrons. The number of aryl methyl sites for hydroxylation is 3. The summed E-state index contributed by atoms with van der Waals surface area (Å²) in [5, 5.41) is 7.33. The van der Waals surface area contributed by atoms with Gasteiger partial charge in [-0.1, -0.05) is 6.42 Å². The van der Waals surface area contributed by atoms with Crippen molar-refractivity contribution in [3.8, 4) is 0 Å².